The quantitative estimate of drug-likeness (QED) is 0.343. The number of aryl methyl sites for hydroxylation is 1. The molecule has 0 spiro atoms. The first-order chi connectivity index (χ1) is 16.2. The molecule has 3 rings (SSSR count). The van der Waals surface area contributed by atoms with Gasteiger partial charge in [-0.25, -0.2) is 13.8 Å². The van der Waals surface area contributed by atoms with Crippen LogP contribution in [-0.4, -0.2) is 43.6 Å². The Morgan fingerprint density at radius 3 is 2.44 bits per heavy atom. The number of phenolic OH excluding ortho intramolecular Hbond substituents is 1. The lowest BCUT2D eigenvalue weighted by Gasteiger charge is -2.21. The van der Waals surface area contributed by atoms with Crippen molar-refractivity contribution in [2.24, 2.45) is 5.10 Å². The summed E-state index contributed by atoms with van der Waals surface area (Å²) in [7, 11) is -2.56. The van der Waals surface area contributed by atoms with Crippen molar-refractivity contribution in [2.75, 3.05) is 13.7 Å². The fraction of sp³-hybridized carbons (Fsp3) is 0.167. The van der Waals surface area contributed by atoms with E-state index in [0.29, 0.717) is 16.1 Å². The highest BCUT2D eigenvalue weighted by Gasteiger charge is 2.27. The number of carbonyl (C=O) groups is 1. The second-order valence-electron chi connectivity index (χ2n) is 7.40. The summed E-state index contributed by atoms with van der Waals surface area (Å²) >= 11 is 5.93. The maximum Gasteiger partial charge on any atom is 0.255 e. The van der Waals surface area contributed by atoms with Crippen molar-refractivity contribution < 1.29 is 23.1 Å². The Morgan fingerprint density at radius 1 is 1.12 bits per heavy atom. The molecular weight excluding hydrogens is 478 g/mol. The zero-order valence-electron chi connectivity index (χ0n) is 18.6. The largest absolute Gasteiger partial charge is 0.504 e. The van der Waals surface area contributed by atoms with Crippen LogP contribution in [0.3, 0.4) is 0 Å². The molecule has 0 aliphatic rings. The molecule has 0 fully saturated rings. The molecule has 2 N–H and O–H groups in total. The molecule has 3 aromatic carbocycles. The van der Waals surface area contributed by atoms with Crippen molar-refractivity contribution in [1.82, 2.24) is 9.73 Å². The van der Waals surface area contributed by atoms with E-state index in [1.54, 1.807) is 54.6 Å². The predicted octanol–water partition coefficient (Wildman–Crippen LogP) is 3.70. The molecule has 178 valence electrons. The van der Waals surface area contributed by atoms with Crippen LogP contribution in [0.2, 0.25) is 5.02 Å². The zero-order valence-corrected chi connectivity index (χ0v) is 20.2. The van der Waals surface area contributed by atoms with Crippen LogP contribution in [0.4, 0.5) is 0 Å². The fourth-order valence-electron chi connectivity index (χ4n) is 3.06. The fourth-order valence-corrected chi connectivity index (χ4v) is 4.57. The summed E-state index contributed by atoms with van der Waals surface area (Å²) in [6.07, 6.45) is 1.24. The Kier molecular flexibility index (Phi) is 8.27. The maximum atomic E-state index is 13.3. The molecule has 1 amide bonds. The molecule has 0 atom stereocenters. The summed E-state index contributed by atoms with van der Waals surface area (Å²) in [6.45, 7) is 1.34. The molecule has 0 saturated heterocycles. The standard InChI is InChI=1S/C24H24ClN3O5S/c1-17-6-12-21(13-7-17)34(31,32)28(15-18-8-10-20(25)11-9-18)16-23(29)27-26-14-19-4-3-5-22(33-2)24(19)30/h3-14,30H,15-16H2,1-2H3,(H,27,29)/b26-14-. The number of methoxy groups -OCH3 is 1. The molecule has 0 heterocycles. The molecular formula is C24H24ClN3O5S. The molecule has 0 aliphatic heterocycles. The van der Waals surface area contributed by atoms with Crippen molar-refractivity contribution in [2.45, 2.75) is 18.4 Å². The van der Waals surface area contributed by atoms with E-state index in [1.165, 1.54) is 25.5 Å². The topological polar surface area (TPSA) is 108 Å². The van der Waals surface area contributed by atoms with Gasteiger partial charge in [-0.05, 0) is 48.9 Å². The number of benzene rings is 3. The number of hydrazone groups is 1. The van der Waals surface area contributed by atoms with E-state index in [-0.39, 0.29) is 22.9 Å². The Labute approximate surface area is 203 Å². The van der Waals surface area contributed by atoms with Crippen molar-refractivity contribution in [3.05, 3.63) is 88.4 Å². The molecule has 3 aromatic rings. The summed E-state index contributed by atoms with van der Waals surface area (Å²) in [4.78, 5) is 12.7. The van der Waals surface area contributed by atoms with Crippen LogP contribution in [0.25, 0.3) is 0 Å². The number of nitrogens with one attached hydrogen (secondary N) is 1. The Morgan fingerprint density at radius 2 is 1.79 bits per heavy atom. The SMILES string of the molecule is COc1cccc(/C=N\NC(=O)CN(Cc2ccc(Cl)cc2)S(=O)(=O)c2ccc(C)cc2)c1O. The van der Waals surface area contributed by atoms with Gasteiger partial charge in [-0.1, -0.05) is 47.5 Å². The van der Waals surface area contributed by atoms with Gasteiger partial charge in [0, 0.05) is 17.1 Å². The van der Waals surface area contributed by atoms with E-state index in [9.17, 15) is 18.3 Å². The first kappa shape index (κ1) is 25.2. The summed E-state index contributed by atoms with van der Waals surface area (Å²) < 4.78 is 32.7. The third kappa shape index (κ3) is 6.34. The number of nitrogens with zero attached hydrogens (tertiary/aromatic N) is 2. The highest BCUT2D eigenvalue weighted by atomic mass is 35.5. The minimum atomic E-state index is -3.98. The molecule has 34 heavy (non-hydrogen) atoms. The number of ether oxygens (including phenoxy) is 1. The molecule has 0 radical (unpaired) electrons. The molecule has 0 aromatic heterocycles. The number of sulfonamides is 1. The molecule has 8 nitrogen and oxygen atoms in total. The number of phenols is 1. The molecule has 0 saturated carbocycles. The maximum absolute atomic E-state index is 13.3. The average Bonchev–Trinajstić information content (AvgIpc) is 2.81. The van der Waals surface area contributed by atoms with Gasteiger partial charge >= 0.3 is 0 Å². The third-order valence-corrected chi connectivity index (χ3v) is 6.95. The van der Waals surface area contributed by atoms with Crippen molar-refractivity contribution in [3.63, 3.8) is 0 Å². The molecule has 0 unspecified atom stereocenters. The van der Waals surface area contributed by atoms with E-state index in [1.807, 2.05) is 6.92 Å². The lowest BCUT2D eigenvalue weighted by molar-refractivity contribution is -0.121. The van der Waals surface area contributed by atoms with Gasteiger partial charge < -0.3 is 9.84 Å². The smallest absolute Gasteiger partial charge is 0.255 e. The van der Waals surface area contributed by atoms with E-state index < -0.39 is 22.5 Å². The monoisotopic (exact) mass is 501 g/mol. The van der Waals surface area contributed by atoms with Crippen LogP contribution in [0.5, 0.6) is 11.5 Å². The van der Waals surface area contributed by atoms with Gasteiger partial charge in [-0.2, -0.15) is 9.41 Å². The Balaban J connectivity index is 1.79. The summed E-state index contributed by atoms with van der Waals surface area (Å²) in [5, 5.41) is 14.5. The van der Waals surface area contributed by atoms with Crippen LogP contribution in [-0.2, 0) is 21.4 Å². The van der Waals surface area contributed by atoms with Gasteiger partial charge in [-0.15, -0.1) is 0 Å². The molecule has 10 heteroatoms. The molecule has 0 bridgehead atoms. The van der Waals surface area contributed by atoms with Crippen molar-refractivity contribution in [1.29, 1.82) is 0 Å². The third-order valence-electron chi connectivity index (χ3n) is 4.89. The predicted molar refractivity (Wildman–Crippen MR) is 131 cm³/mol. The van der Waals surface area contributed by atoms with Crippen LogP contribution in [0.1, 0.15) is 16.7 Å². The lowest BCUT2D eigenvalue weighted by Crippen LogP contribution is -2.39. The number of carbonyl (C=O) groups excluding carboxylic acids is 1. The van der Waals surface area contributed by atoms with Crippen LogP contribution in [0, 0.1) is 6.92 Å². The van der Waals surface area contributed by atoms with Gasteiger partial charge in [0.25, 0.3) is 5.91 Å². The van der Waals surface area contributed by atoms with Gasteiger partial charge in [0.2, 0.25) is 10.0 Å². The Hall–Kier alpha value is -3.40. The number of aromatic hydroxyl groups is 1. The first-order valence-corrected chi connectivity index (χ1v) is 12.0. The summed E-state index contributed by atoms with van der Waals surface area (Å²) in [6, 6.07) is 17.9. The van der Waals surface area contributed by atoms with Gasteiger partial charge in [-0.3, -0.25) is 4.79 Å². The van der Waals surface area contributed by atoms with Gasteiger partial charge in [0.15, 0.2) is 11.5 Å². The van der Waals surface area contributed by atoms with E-state index >= 15 is 0 Å². The number of hydrogen-bond donors (Lipinski definition) is 2. The van der Waals surface area contributed by atoms with Crippen LogP contribution in [0.15, 0.2) is 76.7 Å². The minimum absolute atomic E-state index is 0.0405. The van der Waals surface area contributed by atoms with Crippen LogP contribution >= 0.6 is 11.6 Å². The lowest BCUT2D eigenvalue weighted by atomic mass is 10.2. The summed E-state index contributed by atoms with van der Waals surface area (Å²) in [5.41, 5.74) is 4.21. The minimum Gasteiger partial charge on any atom is -0.504 e. The number of amides is 1. The second-order valence-corrected chi connectivity index (χ2v) is 9.78. The molecule has 0 aliphatic carbocycles. The van der Waals surface area contributed by atoms with Gasteiger partial charge in [0.1, 0.15) is 0 Å². The van der Waals surface area contributed by atoms with Crippen LogP contribution < -0.4 is 10.2 Å². The number of para-hydroxylation sites is 1. The second kappa shape index (κ2) is 11.1. The van der Waals surface area contributed by atoms with E-state index in [4.69, 9.17) is 16.3 Å². The Bertz CT molecular complexity index is 1280. The highest BCUT2D eigenvalue weighted by Crippen LogP contribution is 2.28. The highest BCUT2D eigenvalue weighted by molar-refractivity contribution is 7.89. The van der Waals surface area contributed by atoms with E-state index in [2.05, 4.69) is 10.5 Å². The van der Waals surface area contributed by atoms with Crippen molar-refractivity contribution >= 4 is 33.7 Å². The zero-order chi connectivity index (χ0) is 24.7. The number of halogens is 1. The van der Waals surface area contributed by atoms with Crippen molar-refractivity contribution in [3.8, 4) is 11.5 Å². The van der Waals surface area contributed by atoms with Gasteiger partial charge in [0.05, 0.1) is 24.8 Å². The van der Waals surface area contributed by atoms with E-state index in [0.717, 1.165) is 9.87 Å². The normalized spacial score (nSPS) is 11.6. The number of rotatable bonds is 9. The summed E-state index contributed by atoms with van der Waals surface area (Å²) in [5.74, 6) is -0.522. The average molecular weight is 502 g/mol. The number of hydrogen-bond acceptors (Lipinski definition) is 6. The first-order valence-electron chi connectivity index (χ1n) is 10.2.